The molecule has 3 rings (SSSR count). The van der Waals surface area contributed by atoms with E-state index in [4.69, 9.17) is 0 Å². The van der Waals surface area contributed by atoms with Gasteiger partial charge in [0.25, 0.3) is 0 Å². The van der Waals surface area contributed by atoms with Crippen LogP contribution in [0.3, 0.4) is 0 Å². The van der Waals surface area contributed by atoms with Gasteiger partial charge >= 0.3 is 0 Å². The molecule has 3 aliphatic rings. The van der Waals surface area contributed by atoms with Gasteiger partial charge in [0.15, 0.2) is 0 Å². The predicted molar refractivity (Wildman–Crippen MR) is 80.9 cm³/mol. The van der Waals surface area contributed by atoms with E-state index in [1.807, 2.05) is 12.2 Å². The molecule has 0 aromatic rings. The molecule has 23 heavy (non-hydrogen) atoms. The van der Waals surface area contributed by atoms with Gasteiger partial charge in [0.05, 0.1) is 18.4 Å². The highest BCUT2D eigenvalue weighted by molar-refractivity contribution is 6.07. The molecule has 0 aromatic carbocycles. The van der Waals surface area contributed by atoms with Crippen LogP contribution in [0.2, 0.25) is 0 Å². The average Bonchev–Trinajstić information content (AvgIpc) is 3.17. The number of imide groups is 1. The summed E-state index contributed by atoms with van der Waals surface area (Å²) in [4.78, 5) is 51.1. The molecule has 0 radical (unpaired) electrons. The molecule has 0 bridgehead atoms. The third-order valence-corrected chi connectivity index (χ3v) is 4.80. The Hall–Kier alpha value is -2.18. The molecule has 0 saturated carbocycles. The highest BCUT2D eigenvalue weighted by Gasteiger charge is 2.47. The summed E-state index contributed by atoms with van der Waals surface area (Å²) >= 11 is 0. The molecule has 2 unspecified atom stereocenters. The van der Waals surface area contributed by atoms with Crippen molar-refractivity contribution in [3.8, 4) is 0 Å². The van der Waals surface area contributed by atoms with E-state index in [1.165, 1.54) is 0 Å². The van der Waals surface area contributed by atoms with E-state index >= 15 is 0 Å². The first kappa shape index (κ1) is 15.7. The number of fused-ring (bicyclic) bond motifs is 1. The molecule has 1 N–H and O–H groups in total. The first-order chi connectivity index (χ1) is 11.1. The quantitative estimate of drug-likeness (QED) is 0.568. The second kappa shape index (κ2) is 6.52. The van der Waals surface area contributed by atoms with E-state index in [0.717, 1.165) is 30.8 Å². The summed E-state index contributed by atoms with van der Waals surface area (Å²) in [5.74, 6) is -1.78. The van der Waals surface area contributed by atoms with Crippen molar-refractivity contribution in [2.24, 2.45) is 11.8 Å². The molecule has 0 aromatic heterocycles. The minimum Gasteiger partial charge on any atom is -0.345 e. The summed E-state index contributed by atoms with van der Waals surface area (Å²) in [6, 6.07) is 0. The van der Waals surface area contributed by atoms with Crippen LogP contribution in [-0.2, 0) is 19.2 Å². The Labute approximate surface area is 134 Å². The van der Waals surface area contributed by atoms with Crippen LogP contribution in [0.25, 0.3) is 0 Å². The zero-order valence-corrected chi connectivity index (χ0v) is 13.0. The smallest absolute Gasteiger partial charge is 0.241 e. The van der Waals surface area contributed by atoms with Crippen molar-refractivity contribution in [2.45, 2.75) is 25.7 Å². The Morgan fingerprint density at radius 2 is 1.61 bits per heavy atom. The van der Waals surface area contributed by atoms with Gasteiger partial charge in [0.1, 0.15) is 6.54 Å². The zero-order chi connectivity index (χ0) is 16.4. The van der Waals surface area contributed by atoms with Crippen LogP contribution in [0.15, 0.2) is 12.2 Å². The fourth-order valence-electron chi connectivity index (χ4n) is 3.48. The van der Waals surface area contributed by atoms with Crippen molar-refractivity contribution < 1.29 is 19.2 Å². The first-order valence-corrected chi connectivity index (χ1v) is 8.12. The summed E-state index contributed by atoms with van der Waals surface area (Å²) in [5.41, 5.74) is 0. The molecule has 124 valence electrons. The van der Waals surface area contributed by atoms with Gasteiger partial charge in [-0.25, -0.2) is 0 Å². The molecule has 2 heterocycles. The van der Waals surface area contributed by atoms with Crippen molar-refractivity contribution in [1.82, 2.24) is 15.1 Å². The molecular weight excluding hydrogens is 298 g/mol. The lowest BCUT2D eigenvalue weighted by molar-refractivity contribution is -0.143. The lowest BCUT2D eigenvalue weighted by Gasteiger charge is -2.17. The van der Waals surface area contributed by atoms with Crippen molar-refractivity contribution in [2.75, 3.05) is 26.2 Å². The lowest BCUT2D eigenvalue weighted by atomic mass is 9.85. The summed E-state index contributed by atoms with van der Waals surface area (Å²) in [6.45, 7) is 1.09. The highest BCUT2D eigenvalue weighted by Crippen LogP contribution is 2.34. The SMILES string of the molecule is O=C(CN1C(=O)C2CC=CCC2C1=O)NCC(=O)N1CCCC1. The van der Waals surface area contributed by atoms with Gasteiger partial charge < -0.3 is 10.2 Å². The largest absolute Gasteiger partial charge is 0.345 e. The van der Waals surface area contributed by atoms with Crippen LogP contribution in [0.1, 0.15) is 25.7 Å². The molecule has 1 aliphatic carbocycles. The molecule has 7 heteroatoms. The minimum atomic E-state index is -0.467. The number of rotatable bonds is 4. The van der Waals surface area contributed by atoms with Gasteiger partial charge in [-0.15, -0.1) is 0 Å². The van der Waals surface area contributed by atoms with Gasteiger partial charge in [0, 0.05) is 13.1 Å². The summed E-state index contributed by atoms with van der Waals surface area (Å²) in [5, 5.41) is 2.52. The topological polar surface area (TPSA) is 86.8 Å². The average molecular weight is 319 g/mol. The van der Waals surface area contributed by atoms with E-state index in [0.29, 0.717) is 12.8 Å². The monoisotopic (exact) mass is 319 g/mol. The van der Waals surface area contributed by atoms with E-state index in [1.54, 1.807) is 4.90 Å². The van der Waals surface area contributed by atoms with Crippen molar-refractivity contribution in [1.29, 1.82) is 0 Å². The maximum atomic E-state index is 12.2. The van der Waals surface area contributed by atoms with Gasteiger partial charge in [-0.2, -0.15) is 0 Å². The Morgan fingerprint density at radius 1 is 1.04 bits per heavy atom. The molecule has 2 fully saturated rings. The van der Waals surface area contributed by atoms with E-state index in [2.05, 4.69) is 5.32 Å². The van der Waals surface area contributed by atoms with E-state index < -0.39 is 5.91 Å². The molecule has 2 aliphatic heterocycles. The van der Waals surface area contributed by atoms with Crippen LogP contribution < -0.4 is 5.32 Å². The van der Waals surface area contributed by atoms with Crippen LogP contribution in [-0.4, -0.2) is 59.6 Å². The number of allylic oxidation sites excluding steroid dienone is 2. The van der Waals surface area contributed by atoms with Crippen LogP contribution in [0, 0.1) is 11.8 Å². The Kier molecular flexibility index (Phi) is 4.45. The van der Waals surface area contributed by atoms with Crippen LogP contribution >= 0.6 is 0 Å². The third kappa shape index (κ3) is 3.13. The number of hydrogen-bond acceptors (Lipinski definition) is 4. The standard InChI is InChI=1S/C16H21N3O4/c20-13(17-9-14(21)18-7-3-4-8-18)10-19-15(22)11-5-1-2-6-12(11)16(19)23/h1-2,11-12H,3-10H2,(H,17,20). The minimum absolute atomic E-state index is 0.0799. The fourth-order valence-corrected chi connectivity index (χ4v) is 3.48. The number of carbonyl (C=O) groups is 4. The maximum absolute atomic E-state index is 12.2. The normalized spacial score (nSPS) is 26.6. The molecule has 2 atom stereocenters. The van der Waals surface area contributed by atoms with Gasteiger partial charge in [-0.05, 0) is 25.7 Å². The summed E-state index contributed by atoms with van der Waals surface area (Å²) < 4.78 is 0. The third-order valence-electron chi connectivity index (χ3n) is 4.80. The molecular formula is C16H21N3O4. The fraction of sp³-hybridized carbons (Fsp3) is 0.625. The number of nitrogens with zero attached hydrogens (tertiary/aromatic N) is 2. The highest BCUT2D eigenvalue weighted by atomic mass is 16.2. The molecule has 2 saturated heterocycles. The zero-order valence-electron chi connectivity index (χ0n) is 13.0. The maximum Gasteiger partial charge on any atom is 0.241 e. The lowest BCUT2D eigenvalue weighted by Crippen LogP contribution is -2.44. The second-order valence-corrected chi connectivity index (χ2v) is 6.28. The Bertz CT molecular complexity index is 540. The summed E-state index contributed by atoms with van der Waals surface area (Å²) in [6.07, 6.45) is 6.91. The van der Waals surface area contributed by atoms with Gasteiger partial charge in [0.2, 0.25) is 23.6 Å². The van der Waals surface area contributed by atoms with Crippen LogP contribution in [0.5, 0.6) is 0 Å². The summed E-state index contributed by atoms with van der Waals surface area (Å²) in [7, 11) is 0. The molecule has 4 amide bonds. The number of hydrogen-bond donors (Lipinski definition) is 1. The second-order valence-electron chi connectivity index (χ2n) is 6.28. The number of carbonyl (C=O) groups excluding carboxylic acids is 4. The van der Waals surface area contributed by atoms with Crippen molar-refractivity contribution in [3.05, 3.63) is 12.2 Å². The predicted octanol–water partition coefficient (Wildman–Crippen LogP) is -0.324. The molecule has 7 nitrogen and oxygen atoms in total. The Balaban J connectivity index is 1.50. The molecule has 0 spiro atoms. The van der Waals surface area contributed by atoms with Crippen LogP contribution in [0.4, 0.5) is 0 Å². The van der Waals surface area contributed by atoms with Gasteiger partial charge in [-0.1, -0.05) is 12.2 Å². The first-order valence-electron chi connectivity index (χ1n) is 8.12. The van der Waals surface area contributed by atoms with Crippen molar-refractivity contribution in [3.63, 3.8) is 0 Å². The van der Waals surface area contributed by atoms with Crippen molar-refractivity contribution >= 4 is 23.6 Å². The van der Waals surface area contributed by atoms with Gasteiger partial charge in [-0.3, -0.25) is 24.1 Å². The van der Waals surface area contributed by atoms with E-state index in [-0.39, 0.29) is 42.6 Å². The number of likely N-dealkylation sites (tertiary alicyclic amines) is 2. The number of amides is 4. The number of nitrogens with one attached hydrogen (secondary N) is 1. The Morgan fingerprint density at radius 3 is 2.17 bits per heavy atom. The van der Waals surface area contributed by atoms with E-state index in [9.17, 15) is 19.2 Å².